The molecule has 0 saturated carbocycles. The van der Waals surface area contributed by atoms with E-state index in [1.54, 1.807) is 32.0 Å². The van der Waals surface area contributed by atoms with E-state index in [-0.39, 0.29) is 17.3 Å². The third-order valence-corrected chi connectivity index (χ3v) is 7.60. The first-order valence-corrected chi connectivity index (χ1v) is 11.0. The monoisotopic (exact) mass is 423 g/mol. The van der Waals surface area contributed by atoms with Crippen LogP contribution in [0.4, 0.5) is 0 Å². The normalized spacial score (nSPS) is 12.7. The topological polar surface area (TPSA) is 76.4 Å². The predicted molar refractivity (Wildman–Crippen MR) is 106 cm³/mol. The summed E-state index contributed by atoms with van der Waals surface area (Å²) >= 11 is 7.20. The molecule has 0 aliphatic heterocycles. The molecular weight excluding hydrogens is 406 g/mol. The number of benzene rings is 1. The Labute approximate surface area is 166 Å². The number of thiophene rings is 1. The number of hydrogen-bond donors (Lipinski definition) is 1. The zero-order chi connectivity index (χ0) is 19.6. The quantitative estimate of drug-likeness (QED) is 0.630. The van der Waals surface area contributed by atoms with Crippen LogP contribution < -0.4 is 5.32 Å². The molecule has 1 aromatic carbocycles. The number of nitrogens with one attached hydrogen (secondary N) is 1. The molecule has 0 saturated heterocycles. The smallest absolute Gasteiger partial charge is 0.254 e. The van der Waals surface area contributed by atoms with Crippen LogP contribution in [0.1, 0.15) is 32.0 Å². The van der Waals surface area contributed by atoms with E-state index in [1.165, 1.54) is 35.6 Å². The second-order valence-corrected chi connectivity index (χ2v) is 9.59. The van der Waals surface area contributed by atoms with Gasteiger partial charge in [-0.1, -0.05) is 17.7 Å². The van der Waals surface area contributed by atoms with Crippen molar-refractivity contribution < 1.29 is 17.6 Å². The van der Waals surface area contributed by atoms with Gasteiger partial charge in [-0.2, -0.15) is 0 Å². The van der Waals surface area contributed by atoms with E-state index < -0.39 is 15.1 Å². The number of sulfone groups is 1. The zero-order valence-corrected chi connectivity index (χ0v) is 17.1. The molecule has 0 fully saturated rings. The molecule has 5 nitrogen and oxygen atoms in total. The van der Waals surface area contributed by atoms with E-state index >= 15 is 0 Å². The SMILES string of the molecule is Cc1cc(C(=O)NC[C@@H](c2cccs2)S(=O)(=O)c2ccc(Cl)cc2)c(C)o1. The van der Waals surface area contributed by atoms with Crippen molar-refractivity contribution in [2.75, 3.05) is 6.54 Å². The molecule has 27 heavy (non-hydrogen) atoms. The van der Waals surface area contributed by atoms with E-state index in [4.69, 9.17) is 16.0 Å². The lowest BCUT2D eigenvalue weighted by Crippen LogP contribution is -2.31. The van der Waals surface area contributed by atoms with E-state index in [0.717, 1.165) is 0 Å². The van der Waals surface area contributed by atoms with Gasteiger partial charge in [0, 0.05) is 16.4 Å². The Morgan fingerprint density at radius 1 is 1.22 bits per heavy atom. The van der Waals surface area contributed by atoms with Gasteiger partial charge in [-0.15, -0.1) is 11.3 Å². The molecule has 0 aliphatic rings. The molecular formula is C19H18ClNO4S2. The lowest BCUT2D eigenvalue weighted by Gasteiger charge is -2.17. The fourth-order valence-corrected chi connectivity index (χ4v) is 5.67. The maximum Gasteiger partial charge on any atom is 0.254 e. The van der Waals surface area contributed by atoms with Crippen molar-refractivity contribution in [2.24, 2.45) is 0 Å². The van der Waals surface area contributed by atoms with Gasteiger partial charge in [0.1, 0.15) is 16.8 Å². The molecule has 1 amide bonds. The van der Waals surface area contributed by atoms with Crippen LogP contribution in [-0.4, -0.2) is 20.9 Å². The molecule has 142 valence electrons. The van der Waals surface area contributed by atoms with Gasteiger partial charge in [-0.05, 0) is 55.6 Å². The third-order valence-electron chi connectivity index (χ3n) is 4.11. The van der Waals surface area contributed by atoms with Crippen LogP contribution in [0.3, 0.4) is 0 Å². The van der Waals surface area contributed by atoms with Crippen LogP contribution in [0.2, 0.25) is 5.02 Å². The van der Waals surface area contributed by atoms with Gasteiger partial charge in [0.25, 0.3) is 5.91 Å². The molecule has 2 aromatic heterocycles. The predicted octanol–water partition coefficient (Wildman–Crippen LogP) is 4.56. The Morgan fingerprint density at radius 2 is 1.93 bits per heavy atom. The highest BCUT2D eigenvalue weighted by atomic mass is 35.5. The fourth-order valence-electron chi connectivity index (χ4n) is 2.76. The lowest BCUT2D eigenvalue weighted by atomic mass is 10.2. The Hall–Kier alpha value is -2.09. The molecule has 0 radical (unpaired) electrons. The van der Waals surface area contributed by atoms with Gasteiger partial charge >= 0.3 is 0 Å². The van der Waals surface area contributed by atoms with Crippen LogP contribution in [0.15, 0.2) is 57.2 Å². The Kier molecular flexibility index (Phi) is 5.74. The number of amides is 1. The highest BCUT2D eigenvalue weighted by Gasteiger charge is 2.31. The molecule has 8 heteroatoms. The maximum atomic E-state index is 13.2. The van der Waals surface area contributed by atoms with Gasteiger partial charge in [0.2, 0.25) is 0 Å². The summed E-state index contributed by atoms with van der Waals surface area (Å²) in [6, 6.07) is 11.2. The summed E-state index contributed by atoms with van der Waals surface area (Å²) < 4.78 is 31.7. The molecule has 3 rings (SSSR count). The van der Waals surface area contributed by atoms with E-state index in [9.17, 15) is 13.2 Å². The number of furan rings is 1. The first-order chi connectivity index (χ1) is 12.8. The van der Waals surface area contributed by atoms with Crippen LogP contribution in [0, 0.1) is 13.8 Å². The standard InChI is InChI=1S/C19H18ClNO4S2/c1-12-10-16(13(2)25-12)19(22)21-11-18(17-4-3-9-26-17)27(23,24)15-7-5-14(20)6-8-15/h3-10,18H,11H2,1-2H3,(H,21,22)/t18-/m0/s1. The summed E-state index contributed by atoms with van der Waals surface area (Å²) in [5, 5.41) is 4.11. The van der Waals surface area contributed by atoms with Crippen molar-refractivity contribution >= 4 is 38.7 Å². The highest BCUT2D eigenvalue weighted by molar-refractivity contribution is 7.91. The molecule has 0 unspecified atom stereocenters. The number of carbonyl (C=O) groups is 1. The first-order valence-electron chi connectivity index (χ1n) is 8.17. The average molecular weight is 424 g/mol. The summed E-state index contributed by atoms with van der Waals surface area (Å²) in [5.74, 6) is 0.761. The van der Waals surface area contributed by atoms with Gasteiger partial charge in [-0.3, -0.25) is 4.79 Å². The van der Waals surface area contributed by atoms with Crippen LogP contribution in [-0.2, 0) is 9.84 Å². The van der Waals surface area contributed by atoms with Crippen molar-refractivity contribution in [2.45, 2.75) is 24.0 Å². The lowest BCUT2D eigenvalue weighted by molar-refractivity contribution is 0.0952. The van der Waals surface area contributed by atoms with Crippen LogP contribution in [0.5, 0.6) is 0 Å². The van der Waals surface area contributed by atoms with Crippen LogP contribution >= 0.6 is 22.9 Å². The van der Waals surface area contributed by atoms with Gasteiger partial charge in [0.05, 0.1) is 10.5 Å². The average Bonchev–Trinajstić information content (AvgIpc) is 3.24. The zero-order valence-electron chi connectivity index (χ0n) is 14.7. The van der Waals surface area contributed by atoms with Crippen molar-refractivity contribution in [1.82, 2.24) is 5.32 Å². The molecule has 0 bridgehead atoms. The summed E-state index contributed by atoms with van der Waals surface area (Å²) in [7, 11) is -3.71. The largest absolute Gasteiger partial charge is 0.466 e. The van der Waals surface area contributed by atoms with Gasteiger partial charge in [0.15, 0.2) is 9.84 Å². The second kappa shape index (κ2) is 7.88. The molecule has 1 N–H and O–H groups in total. The number of rotatable bonds is 6. The minimum Gasteiger partial charge on any atom is -0.466 e. The Morgan fingerprint density at radius 3 is 2.48 bits per heavy atom. The van der Waals surface area contributed by atoms with E-state index in [1.807, 2.05) is 5.38 Å². The van der Waals surface area contributed by atoms with Crippen molar-refractivity contribution in [3.63, 3.8) is 0 Å². The molecule has 1 atom stereocenters. The number of hydrogen-bond acceptors (Lipinski definition) is 5. The van der Waals surface area contributed by atoms with Gasteiger partial charge < -0.3 is 9.73 Å². The number of aryl methyl sites for hydroxylation is 2. The Balaban J connectivity index is 1.87. The summed E-state index contributed by atoms with van der Waals surface area (Å²) in [4.78, 5) is 13.3. The highest BCUT2D eigenvalue weighted by Crippen LogP contribution is 2.32. The van der Waals surface area contributed by atoms with Crippen molar-refractivity contribution in [3.8, 4) is 0 Å². The van der Waals surface area contributed by atoms with Crippen LogP contribution in [0.25, 0.3) is 0 Å². The number of halogens is 1. The first kappa shape index (κ1) is 19.7. The number of carbonyl (C=O) groups excluding carboxylic acids is 1. The van der Waals surface area contributed by atoms with Crippen molar-refractivity contribution in [1.29, 1.82) is 0 Å². The maximum absolute atomic E-state index is 13.2. The summed E-state index contributed by atoms with van der Waals surface area (Å²) in [6.45, 7) is 3.40. The summed E-state index contributed by atoms with van der Waals surface area (Å²) in [5.41, 5.74) is 0.404. The Bertz CT molecular complexity index is 1040. The minimum absolute atomic E-state index is 0.0476. The third kappa shape index (κ3) is 4.26. The van der Waals surface area contributed by atoms with E-state index in [0.29, 0.717) is 27.0 Å². The fraction of sp³-hybridized carbons (Fsp3) is 0.211. The van der Waals surface area contributed by atoms with Crippen molar-refractivity contribution in [3.05, 3.63) is 74.8 Å². The molecule has 0 aliphatic carbocycles. The minimum atomic E-state index is -3.71. The second-order valence-electron chi connectivity index (χ2n) is 6.04. The van der Waals surface area contributed by atoms with E-state index in [2.05, 4.69) is 5.32 Å². The molecule has 2 heterocycles. The summed E-state index contributed by atoms with van der Waals surface area (Å²) in [6.07, 6.45) is 0. The molecule has 0 spiro atoms. The van der Waals surface area contributed by atoms with Gasteiger partial charge in [-0.25, -0.2) is 8.42 Å². The molecule has 3 aromatic rings.